The third kappa shape index (κ3) is 4.95. The minimum atomic E-state index is -1.25. The number of benzene rings is 1. The van der Waals surface area contributed by atoms with Gasteiger partial charge in [0.15, 0.2) is 0 Å². The van der Waals surface area contributed by atoms with Crippen LogP contribution in [0.5, 0.6) is 0 Å². The largest absolute Gasteiger partial charge is 0.481 e. The molecule has 1 amide bonds. The monoisotopic (exact) mass is 467 g/mol. The van der Waals surface area contributed by atoms with E-state index in [0.29, 0.717) is 23.2 Å². The third-order valence-electron chi connectivity index (χ3n) is 6.93. The molecule has 0 bridgehead atoms. The fraction of sp³-hybridized carbons (Fsp3) is 0.458. The van der Waals surface area contributed by atoms with Gasteiger partial charge in [0.1, 0.15) is 11.9 Å². The van der Waals surface area contributed by atoms with Gasteiger partial charge in [0.2, 0.25) is 5.95 Å². The summed E-state index contributed by atoms with van der Waals surface area (Å²) in [5.41, 5.74) is 16.5. The Labute approximate surface area is 196 Å². The predicted octanol–water partition coefficient (Wildman–Crippen LogP) is 2.23. The molecule has 1 heterocycles. The average molecular weight is 468 g/mol. The number of nitrogens with zero attached hydrogens (tertiary/aromatic N) is 2. The molecule has 10 nitrogen and oxygen atoms in total. The van der Waals surface area contributed by atoms with Crippen LogP contribution >= 0.6 is 0 Å². The van der Waals surface area contributed by atoms with Crippen LogP contribution in [0.4, 0.5) is 11.8 Å². The van der Waals surface area contributed by atoms with Gasteiger partial charge < -0.3 is 27.0 Å². The second-order valence-corrected chi connectivity index (χ2v) is 9.09. The molecule has 0 radical (unpaired) electrons. The van der Waals surface area contributed by atoms with Gasteiger partial charge in [-0.2, -0.15) is 4.98 Å². The molecule has 2 unspecified atom stereocenters. The molecule has 34 heavy (non-hydrogen) atoms. The van der Waals surface area contributed by atoms with E-state index in [1.807, 2.05) is 12.1 Å². The van der Waals surface area contributed by atoms with Crippen LogP contribution in [0.2, 0.25) is 0 Å². The Bertz CT molecular complexity index is 1130. The Morgan fingerprint density at radius 2 is 1.79 bits per heavy atom. The summed E-state index contributed by atoms with van der Waals surface area (Å²) < 4.78 is 0. The molecule has 7 N–H and O–H groups in total. The van der Waals surface area contributed by atoms with Gasteiger partial charge in [0.25, 0.3) is 5.91 Å². The van der Waals surface area contributed by atoms with Crippen molar-refractivity contribution in [2.45, 2.75) is 69.2 Å². The van der Waals surface area contributed by atoms with Crippen molar-refractivity contribution < 1.29 is 24.6 Å². The molecule has 2 aliphatic carbocycles. The average Bonchev–Trinajstić information content (AvgIpc) is 3.38. The lowest BCUT2D eigenvalue weighted by Crippen LogP contribution is -2.41. The number of aromatic nitrogens is 2. The highest BCUT2D eigenvalue weighted by Crippen LogP contribution is 2.43. The van der Waals surface area contributed by atoms with E-state index in [4.69, 9.17) is 16.6 Å². The second-order valence-electron chi connectivity index (χ2n) is 9.09. The van der Waals surface area contributed by atoms with Gasteiger partial charge in [-0.05, 0) is 80.0 Å². The lowest BCUT2D eigenvalue weighted by atomic mass is 9.89. The lowest BCUT2D eigenvalue weighted by Gasteiger charge is -2.17. The zero-order chi connectivity index (χ0) is 24.4. The van der Waals surface area contributed by atoms with Crippen LogP contribution in [0.25, 0.3) is 0 Å². The first-order valence-electron chi connectivity index (χ1n) is 11.5. The van der Waals surface area contributed by atoms with Crippen LogP contribution in [0, 0.1) is 0 Å². The second kappa shape index (κ2) is 9.66. The van der Waals surface area contributed by atoms with Crippen LogP contribution in [-0.2, 0) is 22.4 Å². The number of amides is 1. The Kier molecular flexibility index (Phi) is 6.67. The van der Waals surface area contributed by atoms with Gasteiger partial charge in [-0.1, -0.05) is 6.07 Å². The molecule has 0 aliphatic heterocycles. The van der Waals surface area contributed by atoms with Gasteiger partial charge in [0.05, 0.1) is 5.69 Å². The van der Waals surface area contributed by atoms with E-state index in [0.717, 1.165) is 55.3 Å². The van der Waals surface area contributed by atoms with Crippen molar-refractivity contribution in [3.8, 4) is 0 Å². The highest BCUT2D eigenvalue weighted by Gasteiger charge is 2.30. The van der Waals surface area contributed by atoms with E-state index in [2.05, 4.69) is 15.3 Å². The number of hydrogen-bond donors (Lipinski definition) is 5. The smallest absolute Gasteiger partial charge is 0.326 e. The maximum atomic E-state index is 12.6. The summed E-state index contributed by atoms with van der Waals surface area (Å²) in [4.78, 5) is 43.2. The number of carboxylic acid groups (broad SMARTS) is 2. The minimum absolute atomic E-state index is 0.171. The molecule has 10 heteroatoms. The van der Waals surface area contributed by atoms with Crippen molar-refractivity contribution >= 4 is 29.6 Å². The molecule has 180 valence electrons. The number of anilines is 2. The number of aryl methyl sites for hydroxylation is 2. The standard InChI is InChI=1S/C24H29N5O5/c25-21-20-13(6-8-17(20)28-24(26)29-21)3-1-12-2-4-14-11-15(5-7-16(12)14)22(32)27-18(23(33)34)9-10-19(30)31/h5,7,11-13,18H,1-4,6,8-10H2,(H,27,32)(H,30,31)(H,33,34)(H4,25,26,28,29)/t12?,13?,18-/m0/s1. The van der Waals surface area contributed by atoms with E-state index in [1.54, 1.807) is 6.07 Å². The summed E-state index contributed by atoms with van der Waals surface area (Å²) in [7, 11) is 0. The zero-order valence-electron chi connectivity index (χ0n) is 18.8. The van der Waals surface area contributed by atoms with Crippen molar-refractivity contribution in [1.82, 2.24) is 15.3 Å². The number of aliphatic carboxylic acids is 2. The van der Waals surface area contributed by atoms with Gasteiger partial charge in [-0.15, -0.1) is 0 Å². The topological polar surface area (TPSA) is 182 Å². The van der Waals surface area contributed by atoms with Crippen molar-refractivity contribution in [1.29, 1.82) is 0 Å². The Morgan fingerprint density at radius 3 is 2.53 bits per heavy atom. The SMILES string of the molecule is Nc1nc(N)c2c(n1)CCC2CCC1CCc2cc(C(=O)N[C@@H](CCC(=O)O)C(=O)O)ccc21. The molecule has 2 aliphatic rings. The summed E-state index contributed by atoms with van der Waals surface area (Å²) in [6, 6.07) is 4.24. The van der Waals surface area contributed by atoms with Crippen LogP contribution in [-0.4, -0.2) is 44.1 Å². The van der Waals surface area contributed by atoms with Crippen molar-refractivity contribution in [2.75, 3.05) is 11.5 Å². The number of hydrogen-bond acceptors (Lipinski definition) is 7. The maximum Gasteiger partial charge on any atom is 0.326 e. The summed E-state index contributed by atoms with van der Waals surface area (Å²) in [5, 5.41) is 20.5. The van der Waals surface area contributed by atoms with E-state index in [1.165, 1.54) is 5.56 Å². The Morgan fingerprint density at radius 1 is 1.06 bits per heavy atom. The molecule has 2 aromatic rings. The van der Waals surface area contributed by atoms with Gasteiger partial charge >= 0.3 is 11.9 Å². The molecule has 0 saturated heterocycles. The Balaban J connectivity index is 1.39. The summed E-state index contributed by atoms with van der Waals surface area (Å²) in [6.45, 7) is 0. The highest BCUT2D eigenvalue weighted by atomic mass is 16.4. The van der Waals surface area contributed by atoms with Gasteiger partial charge in [-0.25, -0.2) is 9.78 Å². The molecule has 1 aromatic heterocycles. The number of rotatable bonds is 9. The van der Waals surface area contributed by atoms with Crippen LogP contribution < -0.4 is 16.8 Å². The maximum absolute atomic E-state index is 12.6. The van der Waals surface area contributed by atoms with Crippen molar-refractivity contribution in [2.24, 2.45) is 0 Å². The molecule has 0 fully saturated rings. The first-order chi connectivity index (χ1) is 16.2. The van der Waals surface area contributed by atoms with Gasteiger partial charge in [0, 0.05) is 17.5 Å². The summed E-state index contributed by atoms with van der Waals surface area (Å²) >= 11 is 0. The fourth-order valence-electron chi connectivity index (χ4n) is 5.25. The van der Waals surface area contributed by atoms with Gasteiger partial charge in [-0.3, -0.25) is 9.59 Å². The molecule has 0 spiro atoms. The highest BCUT2D eigenvalue weighted by molar-refractivity contribution is 5.97. The first kappa shape index (κ1) is 23.5. The Hall–Kier alpha value is -3.69. The molecular weight excluding hydrogens is 438 g/mol. The minimum Gasteiger partial charge on any atom is -0.481 e. The number of carbonyl (C=O) groups excluding carboxylic acids is 1. The number of nitrogens with one attached hydrogen (secondary N) is 1. The van der Waals surface area contributed by atoms with Crippen LogP contribution in [0.3, 0.4) is 0 Å². The number of nitrogens with two attached hydrogens (primary N) is 2. The lowest BCUT2D eigenvalue weighted by molar-refractivity contribution is -0.140. The van der Waals surface area contributed by atoms with Crippen molar-refractivity contribution in [3.63, 3.8) is 0 Å². The first-order valence-corrected chi connectivity index (χ1v) is 11.5. The molecule has 1 aromatic carbocycles. The molecule has 0 saturated carbocycles. The molecular formula is C24H29N5O5. The molecule has 3 atom stereocenters. The normalized spacial score (nSPS) is 19.3. The fourth-order valence-corrected chi connectivity index (χ4v) is 5.25. The van der Waals surface area contributed by atoms with E-state index >= 15 is 0 Å². The number of carbonyl (C=O) groups is 3. The molecule has 4 rings (SSSR count). The van der Waals surface area contributed by atoms with E-state index in [-0.39, 0.29) is 18.8 Å². The summed E-state index contributed by atoms with van der Waals surface area (Å²) in [5.74, 6) is -1.46. The summed E-state index contributed by atoms with van der Waals surface area (Å²) in [6.07, 6.45) is 5.15. The number of nitrogen functional groups attached to an aromatic ring is 2. The van der Waals surface area contributed by atoms with E-state index in [9.17, 15) is 19.5 Å². The van der Waals surface area contributed by atoms with Crippen molar-refractivity contribution in [3.05, 3.63) is 46.1 Å². The zero-order valence-corrected chi connectivity index (χ0v) is 18.8. The van der Waals surface area contributed by atoms with E-state index < -0.39 is 23.9 Å². The quantitative estimate of drug-likeness (QED) is 0.369. The third-order valence-corrected chi connectivity index (χ3v) is 6.93. The van der Waals surface area contributed by atoms with Crippen LogP contribution in [0.1, 0.15) is 83.1 Å². The number of fused-ring (bicyclic) bond motifs is 2. The predicted molar refractivity (Wildman–Crippen MR) is 124 cm³/mol. The van der Waals surface area contributed by atoms with Crippen LogP contribution in [0.15, 0.2) is 18.2 Å². The number of carboxylic acids is 2.